The number of hydrogen-bond acceptors (Lipinski definition) is 5. The third-order valence-corrected chi connectivity index (χ3v) is 1.68. The third kappa shape index (κ3) is 3.46. The van der Waals surface area contributed by atoms with E-state index in [9.17, 15) is 20.1 Å². The maximum absolute atomic E-state index is 10.9. The predicted octanol–water partition coefficient (Wildman–Crippen LogP) is 0.143. The van der Waals surface area contributed by atoms with Gasteiger partial charge < -0.3 is 9.94 Å². The SMILES string of the molecule is CCOC(=O)C#Cc1c[n+]([O-])ccc1[N+](=O)[O-]. The second-order valence-electron chi connectivity index (χ2n) is 2.83. The number of ether oxygens (including phenoxy) is 1. The summed E-state index contributed by atoms with van der Waals surface area (Å²) in [7, 11) is 0. The lowest BCUT2D eigenvalue weighted by Crippen LogP contribution is -2.25. The number of nitrogens with zero attached hydrogens (tertiary/aromatic N) is 2. The van der Waals surface area contributed by atoms with Gasteiger partial charge in [-0.2, -0.15) is 4.73 Å². The molecule has 1 heterocycles. The van der Waals surface area contributed by atoms with E-state index in [1.807, 2.05) is 0 Å². The molecule has 0 aliphatic heterocycles. The van der Waals surface area contributed by atoms with Crippen molar-refractivity contribution in [2.45, 2.75) is 6.92 Å². The molecule has 17 heavy (non-hydrogen) atoms. The number of carbonyl (C=O) groups excluding carboxylic acids is 1. The van der Waals surface area contributed by atoms with Crippen molar-refractivity contribution in [3.8, 4) is 11.8 Å². The van der Waals surface area contributed by atoms with Gasteiger partial charge in [-0.3, -0.25) is 10.1 Å². The Kier molecular flexibility index (Phi) is 4.00. The van der Waals surface area contributed by atoms with Gasteiger partial charge in [0.05, 0.1) is 17.6 Å². The average Bonchev–Trinajstić information content (AvgIpc) is 2.26. The van der Waals surface area contributed by atoms with Crippen LogP contribution in [0.4, 0.5) is 5.69 Å². The van der Waals surface area contributed by atoms with Crippen LogP contribution in [-0.4, -0.2) is 17.5 Å². The second kappa shape index (κ2) is 5.46. The van der Waals surface area contributed by atoms with Crippen LogP contribution in [0.25, 0.3) is 0 Å². The monoisotopic (exact) mass is 236 g/mol. The number of aromatic nitrogens is 1. The molecule has 0 unspecified atom stereocenters. The molecule has 0 fully saturated rings. The van der Waals surface area contributed by atoms with Gasteiger partial charge in [0.25, 0.3) is 5.69 Å². The summed E-state index contributed by atoms with van der Waals surface area (Å²) in [5.74, 6) is 3.48. The Morgan fingerprint density at radius 1 is 1.65 bits per heavy atom. The summed E-state index contributed by atoms with van der Waals surface area (Å²) in [5.41, 5.74) is -0.477. The van der Waals surface area contributed by atoms with Gasteiger partial charge in [0.15, 0.2) is 11.8 Å². The van der Waals surface area contributed by atoms with Crippen LogP contribution < -0.4 is 4.73 Å². The van der Waals surface area contributed by atoms with Gasteiger partial charge in [-0.15, -0.1) is 0 Å². The largest absolute Gasteiger partial charge is 0.619 e. The highest BCUT2D eigenvalue weighted by Gasteiger charge is 2.15. The standard InChI is InChI=1S/C10H8N2O5/c1-2-17-10(13)4-3-8-7-11(14)6-5-9(8)12(15)16/h5-7H,2H2,1H3. The number of hydrogen-bond donors (Lipinski definition) is 0. The zero-order valence-corrected chi connectivity index (χ0v) is 8.87. The van der Waals surface area contributed by atoms with E-state index in [4.69, 9.17) is 0 Å². The maximum atomic E-state index is 10.9. The number of carbonyl (C=O) groups is 1. The fourth-order valence-corrected chi connectivity index (χ4v) is 1.01. The first-order chi connectivity index (χ1) is 8.04. The molecule has 1 aromatic rings. The zero-order chi connectivity index (χ0) is 12.8. The van der Waals surface area contributed by atoms with Gasteiger partial charge in [0.1, 0.15) is 0 Å². The molecule has 0 aliphatic rings. The molecule has 7 nitrogen and oxygen atoms in total. The van der Waals surface area contributed by atoms with E-state index in [2.05, 4.69) is 16.6 Å². The molecule has 1 aromatic heterocycles. The van der Waals surface area contributed by atoms with E-state index in [-0.39, 0.29) is 17.9 Å². The van der Waals surface area contributed by atoms with E-state index >= 15 is 0 Å². The lowest BCUT2D eigenvalue weighted by atomic mass is 10.2. The van der Waals surface area contributed by atoms with E-state index in [0.29, 0.717) is 4.73 Å². The van der Waals surface area contributed by atoms with Crippen molar-refractivity contribution in [2.24, 2.45) is 0 Å². The molecule has 0 saturated carbocycles. The van der Waals surface area contributed by atoms with E-state index in [0.717, 1.165) is 18.5 Å². The molecule has 1 rings (SSSR count). The molecule has 0 aromatic carbocycles. The second-order valence-corrected chi connectivity index (χ2v) is 2.83. The molecular weight excluding hydrogens is 228 g/mol. The van der Waals surface area contributed by atoms with Gasteiger partial charge >= 0.3 is 5.97 Å². The molecule has 0 atom stereocenters. The summed E-state index contributed by atoms with van der Waals surface area (Å²) in [5, 5.41) is 21.6. The number of esters is 1. The van der Waals surface area contributed by atoms with Crippen molar-refractivity contribution in [1.82, 2.24) is 0 Å². The zero-order valence-electron chi connectivity index (χ0n) is 8.87. The fourth-order valence-electron chi connectivity index (χ4n) is 1.01. The van der Waals surface area contributed by atoms with E-state index < -0.39 is 10.9 Å². The van der Waals surface area contributed by atoms with Gasteiger partial charge in [-0.25, -0.2) is 4.79 Å². The highest BCUT2D eigenvalue weighted by molar-refractivity contribution is 5.89. The Labute approximate surface area is 96.4 Å². The lowest BCUT2D eigenvalue weighted by molar-refractivity contribution is -0.606. The molecule has 0 saturated heterocycles. The first-order valence-corrected chi connectivity index (χ1v) is 4.60. The summed E-state index contributed by atoms with van der Waals surface area (Å²) >= 11 is 0. The Bertz CT molecular complexity index is 515. The average molecular weight is 236 g/mol. The van der Waals surface area contributed by atoms with Crippen LogP contribution in [0.5, 0.6) is 0 Å². The van der Waals surface area contributed by atoms with Crippen LogP contribution in [0.1, 0.15) is 12.5 Å². The minimum absolute atomic E-state index is 0.138. The van der Waals surface area contributed by atoms with E-state index in [1.165, 1.54) is 0 Å². The van der Waals surface area contributed by atoms with Crippen molar-refractivity contribution < 1.29 is 19.2 Å². The molecule has 7 heteroatoms. The van der Waals surface area contributed by atoms with Crippen molar-refractivity contribution >= 4 is 11.7 Å². The summed E-state index contributed by atoms with van der Waals surface area (Å²) in [6, 6.07) is 1.02. The van der Waals surface area contributed by atoms with Crippen molar-refractivity contribution in [1.29, 1.82) is 0 Å². The van der Waals surface area contributed by atoms with Crippen LogP contribution in [0.2, 0.25) is 0 Å². The summed E-state index contributed by atoms with van der Waals surface area (Å²) in [4.78, 5) is 20.9. The molecule has 0 aliphatic carbocycles. The van der Waals surface area contributed by atoms with Crippen molar-refractivity contribution in [2.75, 3.05) is 6.61 Å². The minimum Gasteiger partial charge on any atom is -0.619 e. The van der Waals surface area contributed by atoms with Gasteiger partial charge in [0, 0.05) is 5.92 Å². The first kappa shape index (κ1) is 12.4. The molecule has 0 spiro atoms. The van der Waals surface area contributed by atoms with Gasteiger partial charge in [0.2, 0.25) is 6.20 Å². The quantitative estimate of drug-likeness (QED) is 0.182. The topological polar surface area (TPSA) is 96.4 Å². The predicted molar refractivity (Wildman–Crippen MR) is 55.6 cm³/mol. The summed E-state index contributed by atoms with van der Waals surface area (Å²) in [6.45, 7) is 1.77. The molecular formula is C10H8N2O5. The highest BCUT2D eigenvalue weighted by atomic mass is 16.6. The lowest BCUT2D eigenvalue weighted by Gasteiger charge is -1.96. The molecule has 0 bridgehead atoms. The Morgan fingerprint density at radius 3 is 2.94 bits per heavy atom. The molecule has 0 N–H and O–H groups in total. The van der Waals surface area contributed by atoms with Crippen LogP contribution >= 0.6 is 0 Å². The Morgan fingerprint density at radius 2 is 2.35 bits per heavy atom. The van der Waals surface area contributed by atoms with Gasteiger partial charge in [-0.1, -0.05) is 0 Å². The summed E-state index contributed by atoms with van der Waals surface area (Å²) in [6.07, 6.45) is 1.90. The number of rotatable bonds is 2. The molecule has 0 radical (unpaired) electrons. The number of nitro groups is 1. The van der Waals surface area contributed by atoms with Crippen LogP contribution in [-0.2, 0) is 9.53 Å². The molecule has 0 amide bonds. The first-order valence-electron chi connectivity index (χ1n) is 4.60. The minimum atomic E-state index is -0.803. The maximum Gasteiger partial charge on any atom is 0.384 e. The highest BCUT2D eigenvalue weighted by Crippen LogP contribution is 2.13. The van der Waals surface area contributed by atoms with E-state index in [1.54, 1.807) is 6.92 Å². The van der Waals surface area contributed by atoms with Gasteiger partial charge in [-0.05, 0) is 12.8 Å². The van der Waals surface area contributed by atoms with Crippen LogP contribution in [0.3, 0.4) is 0 Å². The fraction of sp³-hybridized carbons (Fsp3) is 0.200. The molecule has 88 valence electrons. The normalized spacial score (nSPS) is 9.00. The Hall–Kier alpha value is -2.62. The van der Waals surface area contributed by atoms with Crippen molar-refractivity contribution in [3.05, 3.63) is 39.3 Å². The summed E-state index contributed by atoms with van der Waals surface area (Å²) < 4.78 is 4.89. The Balaban J connectivity index is 3.08. The van der Waals surface area contributed by atoms with Crippen LogP contribution in [0, 0.1) is 27.2 Å². The van der Waals surface area contributed by atoms with Crippen LogP contribution in [0.15, 0.2) is 18.5 Å². The number of pyridine rings is 1. The third-order valence-electron chi connectivity index (χ3n) is 1.68. The smallest absolute Gasteiger partial charge is 0.384 e. The van der Waals surface area contributed by atoms with Crippen molar-refractivity contribution in [3.63, 3.8) is 0 Å².